The van der Waals surface area contributed by atoms with E-state index >= 15 is 0 Å². The molecule has 7 heteroatoms. The van der Waals surface area contributed by atoms with Crippen LogP contribution in [0, 0.1) is 13.8 Å². The zero-order chi connectivity index (χ0) is 22.7. The lowest BCUT2D eigenvalue weighted by Gasteiger charge is -2.41. The molecule has 1 fully saturated rings. The lowest BCUT2D eigenvalue weighted by molar-refractivity contribution is -0.140. The van der Waals surface area contributed by atoms with Crippen LogP contribution in [0.2, 0.25) is 0 Å². The molecule has 1 saturated heterocycles. The van der Waals surface area contributed by atoms with Crippen LogP contribution in [0.5, 0.6) is 0 Å². The molecule has 0 aliphatic carbocycles. The fourth-order valence-corrected chi connectivity index (χ4v) is 5.23. The average molecular weight is 449 g/mol. The quantitative estimate of drug-likeness (QED) is 0.569. The summed E-state index contributed by atoms with van der Waals surface area (Å²) in [5.74, 6) is -0.0705. The van der Waals surface area contributed by atoms with E-state index < -0.39 is 6.04 Å². The van der Waals surface area contributed by atoms with Crippen LogP contribution in [0.3, 0.4) is 0 Å². The van der Waals surface area contributed by atoms with Crippen molar-refractivity contribution in [1.82, 2.24) is 19.8 Å². The first kappa shape index (κ1) is 22.1. The van der Waals surface area contributed by atoms with E-state index in [1.54, 1.807) is 17.3 Å². The molecule has 4 rings (SSSR count). The van der Waals surface area contributed by atoms with E-state index in [0.29, 0.717) is 30.9 Å². The lowest BCUT2D eigenvalue weighted by atomic mass is 9.93. The number of piperazine rings is 1. The van der Waals surface area contributed by atoms with Crippen LogP contribution in [-0.2, 0) is 11.2 Å². The molecule has 0 radical (unpaired) electrons. The van der Waals surface area contributed by atoms with Crippen molar-refractivity contribution in [3.8, 4) is 11.1 Å². The van der Waals surface area contributed by atoms with Gasteiger partial charge in [0.05, 0.1) is 10.7 Å². The number of carbonyl (C=O) groups is 2. The van der Waals surface area contributed by atoms with Gasteiger partial charge in [-0.3, -0.25) is 14.6 Å². The van der Waals surface area contributed by atoms with E-state index in [-0.39, 0.29) is 11.8 Å². The second-order valence-electron chi connectivity index (χ2n) is 8.08. The molecule has 0 saturated carbocycles. The molecule has 32 heavy (non-hydrogen) atoms. The molecule has 0 N–H and O–H groups in total. The smallest absolute Gasteiger partial charge is 0.266 e. The Balaban J connectivity index is 1.70. The highest BCUT2D eigenvalue weighted by atomic mass is 32.1. The summed E-state index contributed by atoms with van der Waals surface area (Å²) in [5.41, 5.74) is 3.89. The summed E-state index contributed by atoms with van der Waals surface area (Å²) in [6.07, 6.45) is 4.91. The molecule has 1 atom stereocenters. The Kier molecular flexibility index (Phi) is 6.65. The van der Waals surface area contributed by atoms with Crippen molar-refractivity contribution in [1.29, 1.82) is 0 Å². The van der Waals surface area contributed by atoms with Crippen molar-refractivity contribution in [3.05, 3.63) is 69.9 Å². The van der Waals surface area contributed by atoms with Crippen molar-refractivity contribution in [2.75, 3.05) is 19.6 Å². The fraction of sp³-hybridized carbons (Fsp3) is 0.360. The highest BCUT2D eigenvalue weighted by molar-refractivity contribution is 7.13. The molecule has 0 unspecified atom stereocenters. The van der Waals surface area contributed by atoms with Crippen LogP contribution >= 0.6 is 11.3 Å². The Morgan fingerprint density at radius 2 is 1.88 bits per heavy atom. The fourth-order valence-electron chi connectivity index (χ4n) is 4.35. The number of aromatic nitrogens is 2. The topological polar surface area (TPSA) is 66.4 Å². The molecule has 3 heterocycles. The van der Waals surface area contributed by atoms with Crippen LogP contribution in [0.1, 0.15) is 39.3 Å². The first-order valence-corrected chi connectivity index (χ1v) is 11.8. The lowest BCUT2D eigenvalue weighted by Crippen LogP contribution is -2.59. The van der Waals surface area contributed by atoms with Gasteiger partial charge < -0.3 is 9.80 Å². The zero-order valence-corrected chi connectivity index (χ0v) is 19.6. The van der Waals surface area contributed by atoms with E-state index in [2.05, 4.69) is 23.0 Å². The third kappa shape index (κ3) is 4.43. The van der Waals surface area contributed by atoms with Crippen molar-refractivity contribution in [2.24, 2.45) is 0 Å². The van der Waals surface area contributed by atoms with E-state index in [4.69, 9.17) is 0 Å². The summed E-state index contributed by atoms with van der Waals surface area (Å²) in [7, 11) is 0. The first-order valence-electron chi connectivity index (χ1n) is 11.0. The number of nitrogens with zero attached hydrogens (tertiary/aromatic N) is 4. The van der Waals surface area contributed by atoms with Crippen LogP contribution in [0.25, 0.3) is 11.1 Å². The zero-order valence-electron chi connectivity index (χ0n) is 18.7. The molecule has 0 spiro atoms. The maximum absolute atomic E-state index is 13.5. The predicted molar refractivity (Wildman–Crippen MR) is 127 cm³/mol. The largest absolute Gasteiger partial charge is 0.339 e. The molecule has 3 aromatic rings. The first-order chi connectivity index (χ1) is 15.5. The van der Waals surface area contributed by atoms with Crippen LogP contribution in [0.15, 0.2) is 48.8 Å². The normalized spacial score (nSPS) is 16.5. The van der Waals surface area contributed by atoms with Crippen LogP contribution in [-0.4, -0.2) is 57.3 Å². The minimum absolute atomic E-state index is 0.0230. The standard InChI is InChI=1S/C25H28N4O2S/c1-4-13-28-14-15-29(25(31)23-17(2)27-18(3)32-23)22(24(28)30)16-20-7-5-6-8-21(20)19-9-11-26-12-10-19/h5-12,22H,4,13-16H2,1-3H3/t22-/m0/s1. The van der Waals surface area contributed by atoms with Crippen LogP contribution < -0.4 is 0 Å². The van der Waals surface area contributed by atoms with Gasteiger partial charge in [0.2, 0.25) is 5.91 Å². The number of carbonyl (C=O) groups excluding carboxylic acids is 2. The summed E-state index contributed by atoms with van der Waals surface area (Å²) < 4.78 is 0. The maximum atomic E-state index is 13.5. The summed E-state index contributed by atoms with van der Waals surface area (Å²) in [5, 5.41) is 0.862. The van der Waals surface area contributed by atoms with Gasteiger partial charge in [-0.05, 0) is 49.1 Å². The van der Waals surface area contributed by atoms with Crippen molar-refractivity contribution in [3.63, 3.8) is 0 Å². The van der Waals surface area contributed by atoms with Gasteiger partial charge in [0, 0.05) is 38.4 Å². The molecule has 0 bridgehead atoms. The Labute approximate surface area is 192 Å². The SMILES string of the molecule is CCCN1CCN(C(=O)c2sc(C)nc2C)[C@@H](Cc2ccccc2-c2ccncc2)C1=O. The average Bonchev–Trinajstić information content (AvgIpc) is 3.15. The van der Waals surface area contributed by atoms with Crippen LogP contribution in [0.4, 0.5) is 0 Å². The van der Waals surface area contributed by atoms with E-state index in [0.717, 1.165) is 33.8 Å². The van der Waals surface area contributed by atoms with Gasteiger partial charge in [-0.2, -0.15) is 0 Å². The highest BCUT2D eigenvalue weighted by Crippen LogP contribution is 2.28. The number of thiazole rings is 1. The number of hydrogen-bond donors (Lipinski definition) is 0. The molecule has 1 aromatic carbocycles. The second-order valence-corrected chi connectivity index (χ2v) is 9.29. The Morgan fingerprint density at radius 1 is 1.12 bits per heavy atom. The maximum Gasteiger partial charge on any atom is 0.266 e. The van der Waals surface area contributed by atoms with Gasteiger partial charge in [0.15, 0.2) is 0 Å². The highest BCUT2D eigenvalue weighted by Gasteiger charge is 2.38. The van der Waals surface area contributed by atoms with Crippen molar-refractivity contribution >= 4 is 23.2 Å². The summed E-state index contributed by atoms with van der Waals surface area (Å²) in [4.78, 5) is 39.9. The molecule has 6 nitrogen and oxygen atoms in total. The van der Waals surface area contributed by atoms with Gasteiger partial charge in [-0.15, -0.1) is 11.3 Å². The summed E-state index contributed by atoms with van der Waals surface area (Å²) >= 11 is 1.40. The molecule has 2 aromatic heterocycles. The van der Waals surface area contributed by atoms with Gasteiger partial charge in [-0.1, -0.05) is 31.2 Å². The second kappa shape index (κ2) is 9.61. The van der Waals surface area contributed by atoms with E-state index in [1.165, 1.54) is 11.3 Å². The van der Waals surface area contributed by atoms with E-state index in [1.807, 2.05) is 49.1 Å². The summed E-state index contributed by atoms with van der Waals surface area (Å²) in [6, 6.07) is 11.5. The Bertz CT molecular complexity index is 1110. The van der Waals surface area contributed by atoms with Gasteiger partial charge in [-0.25, -0.2) is 4.98 Å². The predicted octanol–water partition coefficient (Wildman–Crippen LogP) is 4.13. The van der Waals surface area contributed by atoms with Gasteiger partial charge >= 0.3 is 0 Å². The third-order valence-corrected chi connectivity index (χ3v) is 6.92. The van der Waals surface area contributed by atoms with Crippen molar-refractivity contribution in [2.45, 2.75) is 39.7 Å². The minimum Gasteiger partial charge on any atom is -0.339 e. The molecular weight excluding hydrogens is 420 g/mol. The number of hydrogen-bond acceptors (Lipinski definition) is 5. The number of aryl methyl sites for hydroxylation is 2. The Morgan fingerprint density at radius 3 is 2.56 bits per heavy atom. The van der Waals surface area contributed by atoms with E-state index in [9.17, 15) is 9.59 Å². The minimum atomic E-state index is -0.535. The Hall–Kier alpha value is -3.06. The monoisotopic (exact) mass is 448 g/mol. The molecular formula is C25H28N4O2S. The molecule has 1 aliphatic heterocycles. The number of pyridine rings is 1. The molecule has 166 valence electrons. The molecule has 1 aliphatic rings. The summed E-state index contributed by atoms with van der Waals surface area (Å²) in [6.45, 7) is 7.64. The number of amides is 2. The third-order valence-electron chi connectivity index (χ3n) is 5.86. The van der Waals surface area contributed by atoms with Gasteiger partial charge in [0.1, 0.15) is 10.9 Å². The van der Waals surface area contributed by atoms with Crippen molar-refractivity contribution < 1.29 is 9.59 Å². The van der Waals surface area contributed by atoms with Gasteiger partial charge in [0.25, 0.3) is 5.91 Å². The number of rotatable bonds is 6. The molecule has 2 amide bonds. The number of benzene rings is 1.